The highest BCUT2D eigenvalue weighted by atomic mass is 79.9. The first-order chi connectivity index (χ1) is 17.1. The third-order valence-electron chi connectivity index (χ3n) is 8.11. The van der Waals surface area contributed by atoms with E-state index in [9.17, 15) is 19.5 Å². The number of carbonyl (C=O) groups is 3. The van der Waals surface area contributed by atoms with Gasteiger partial charge in [0.2, 0.25) is 11.8 Å². The largest absolute Gasteiger partial charge is 0.465 e. The van der Waals surface area contributed by atoms with Crippen molar-refractivity contribution in [2.24, 2.45) is 17.8 Å². The molecule has 0 aromatic carbocycles. The Morgan fingerprint density at radius 2 is 2.03 bits per heavy atom. The average Bonchev–Trinajstić information content (AvgIpc) is 3.43. The molecule has 0 saturated carbocycles. The summed E-state index contributed by atoms with van der Waals surface area (Å²) in [7, 11) is 0. The van der Waals surface area contributed by atoms with Gasteiger partial charge in [0.25, 0.3) is 0 Å². The Morgan fingerprint density at radius 1 is 1.33 bits per heavy atom. The lowest BCUT2D eigenvalue weighted by molar-refractivity contribution is -0.157. The van der Waals surface area contributed by atoms with Gasteiger partial charge in [0.1, 0.15) is 11.6 Å². The van der Waals surface area contributed by atoms with Crippen LogP contribution in [-0.4, -0.2) is 87.1 Å². The zero-order valence-electron chi connectivity index (χ0n) is 21.9. The molecule has 36 heavy (non-hydrogen) atoms. The van der Waals surface area contributed by atoms with Gasteiger partial charge in [-0.3, -0.25) is 14.4 Å². The molecule has 202 valence electrons. The van der Waals surface area contributed by atoms with Crippen LogP contribution in [0.3, 0.4) is 0 Å². The molecule has 3 aliphatic heterocycles. The van der Waals surface area contributed by atoms with Crippen LogP contribution in [0.2, 0.25) is 0 Å². The number of unbranched alkanes of at least 4 members (excludes halogenated alkanes) is 1. The van der Waals surface area contributed by atoms with Crippen molar-refractivity contribution in [1.29, 1.82) is 0 Å². The topological polar surface area (TPSA) is 96.4 Å². The number of hydrogen-bond acceptors (Lipinski definition) is 6. The van der Waals surface area contributed by atoms with E-state index in [4.69, 9.17) is 9.47 Å². The minimum atomic E-state index is -1.17. The van der Waals surface area contributed by atoms with E-state index in [1.54, 1.807) is 22.0 Å². The lowest BCUT2D eigenvalue weighted by Gasteiger charge is -2.41. The maximum absolute atomic E-state index is 14.2. The van der Waals surface area contributed by atoms with Crippen LogP contribution in [0.5, 0.6) is 0 Å². The number of nitrogens with zero attached hydrogens (tertiary/aromatic N) is 2. The van der Waals surface area contributed by atoms with Crippen LogP contribution in [0.4, 0.5) is 0 Å². The fourth-order valence-electron chi connectivity index (χ4n) is 6.14. The summed E-state index contributed by atoms with van der Waals surface area (Å²) in [4.78, 5) is 44.7. The van der Waals surface area contributed by atoms with Crippen molar-refractivity contribution in [3.63, 3.8) is 0 Å². The first-order valence-electron chi connectivity index (χ1n) is 13.0. The summed E-state index contributed by atoms with van der Waals surface area (Å²) >= 11 is 3.67. The third-order valence-corrected chi connectivity index (χ3v) is 8.95. The predicted octanol–water partition coefficient (Wildman–Crippen LogP) is 3.07. The van der Waals surface area contributed by atoms with Gasteiger partial charge in [-0.2, -0.15) is 0 Å². The van der Waals surface area contributed by atoms with E-state index >= 15 is 0 Å². The van der Waals surface area contributed by atoms with Crippen LogP contribution in [0.25, 0.3) is 0 Å². The van der Waals surface area contributed by atoms with E-state index in [0.29, 0.717) is 25.8 Å². The van der Waals surface area contributed by atoms with Gasteiger partial charge in [0.15, 0.2) is 0 Å². The molecule has 3 rings (SSSR count). The van der Waals surface area contributed by atoms with Crippen molar-refractivity contribution in [2.45, 2.75) is 88.0 Å². The number of allylic oxidation sites excluding steroid dienone is 1. The number of aliphatic hydroxyl groups is 1. The zero-order valence-corrected chi connectivity index (χ0v) is 23.5. The molecule has 0 aliphatic carbocycles. The molecule has 0 aromatic heterocycles. The number of halogens is 1. The van der Waals surface area contributed by atoms with Crippen molar-refractivity contribution in [1.82, 2.24) is 9.80 Å². The highest BCUT2D eigenvalue weighted by Crippen LogP contribution is 2.61. The molecular formula is C27H41BrN2O6. The minimum Gasteiger partial charge on any atom is -0.465 e. The molecule has 3 fully saturated rings. The van der Waals surface area contributed by atoms with Crippen molar-refractivity contribution < 1.29 is 29.0 Å². The van der Waals surface area contributed by atoms with Crippen LogP contribution in [-0.2, 0) is 23.9 Å². The van der Waals surface area contributed by atoms with Crippen molar-refractivity contribution in [3.05, 3.63) is 25.3 Å². The third kappa shape index (κ3) is 4.78. The second-order valence-corrected chi connectivity index (χ2v) is 11.7. The van der Waals surface area contributed by atoms with E-state index in [2.05, 4.69) is 29.1 Å². The smallest absolute Gasteiger partial charge is 0.312 e. The first-order valence-corrected chi connectivity index (χ1v) is 14.0. The van der Waals surface area contributed by atoms with Gasteiger partial charge in [0, 0.05) is 17.4 Å². The Morgan fingerprint density at radius 3 is 2.58 bits per heavy atom. The molecule has 0 radical (unpaired) electrons. The molecule has 3 saturated heterocycles. The monoisotopic (exact) mass is 568 g/mol. The molecule has 2 bridgehead atoms. The molecule has 1 N–H and O–H groups in total. The van der Waals surface area contributed by atoms with Crippen molar-refractivity contribution in [2.75, 3.05) is 19.8 Å². The van der Waals surface area contributed by atoms with Gasteiger partial charge in [-0.05, 0) is 39.0 Å². The minimum absolute atomic E-state index is 0.0577. The fourth-order valence-corrected chi connectivity index (χ4v) is 7.08. The van der Waals surface area contributed by atoms with E-state index < -0.39 is 41.6 Å². The van der Waals surface area contributed by atoms with Crippen LogP contribution >= 0.6 is 15.9 Å². The Balaban J connectivity index is 2.07. The molecule has 9 heteroatoms. The van der Waals surface area contributed by atoms with Crippen LogP contribution in [0.15, 0.2) is 25.3 Å². The number of esters is 1. The Kier molecular flexibility index (Phi) is 9.44. The predicted molar refractivity (Wildman–Crippen MR) is 140 cm³/mol. The summed E-state index contributed by atoms with van der Waals surface area (Å²) in [5.41, 5.74) is -1.17. The molecule has 3 unspecified atom stereocenters. The van der Waals surface area contributed by atoms with Gasteiger partial charge in [-0.25, -0.2) is 0 Å². The second-order valence-electron chi connectivity index (χ2n) is 10.5. The molecule has 0 aromatic rings. The number of alkyl halides is 1. The van der Waals surface area contributed by atoms with E-state index in [-0.39, 0.29) is 41.8 Å². The van der Waals surface area contributed by atoms with Crippen LogP contribution in [0, 0.1) is 17.8 Å². The number of rotatable bonds is 13. The number of carbonyl (C=O) groups excluding carboxylic acids is 3. The summed E-state index contributed by atoms with van der Waals surface area (Å²) in [6.45, 7) is 15.5. The molecule has 8 nitrogen and oxygen atoms in total. The highest BCUT2D eigenvalue weighted by Gasteiger charge is 2.77. The van der Waals surface area contributed by atoms with E-state index in [0.717, 1.165) is 6.42 Å². The summed E-state index contributed by atoms with van der Waals surface area (Å²) in [5.74, 6) is -2.75. The highest BCUT2D eigenvalue weighted by molar-refractivity contribution is 9.09. The lowest BCUT2D eigenvalue weighted by atomic mass is 9.70. The Bertz CT molecular complexity index is 865. The first kappa shape index (κ1) is 28.9. The van der Waals surface area contributed by atoms with Crippen LogP contribution < -0.4 is 0 Å². The molecular weight excluding hydrogens is 528 g/mol. The number of aliphatic hydroxyl groups excluding tert-OH is 1. The number of ether oxygens (including phenoxy) is 2. The van der Waals surface area contributed by atoms with E-state index in [1.807, 2.05) is 27.7 Å². The number of hydrogen-bond donors (Lipinski definition) is 1. The average molecular weight is 570 g/mol. The SMILES string of the molecule is C=CCCCOC(=O)[C@H]1[C@@H]2OC3(CC2Br)C(C(=O)N(CC=C)C(C)C)N([C@@H](CO)[C@@H](C)CC)C(=O)[C@H]13. The van der Waals surface area contributed by atoms with Crippen LogP contribution in [0.1, 0.15) is 53.4 Å². The van der Waals surface area contributed by atoms with E-state index in [1.165, 1.54) is 0 Å². The Labute approximate surface area is 223 Å². The fraction of sp³-hybridized carbons (Fsp3) is 0.741. The van der Waals surface area contributed by atoms with Gasteiger partial charge in [-0.15, -0.1) is 13.2 Å². The van der Waals surface area contributed by atoms with Gasteiger partial charge < -0.3 is 24.4 Å². The second kappa shape index (κ2) is 11.8. The lowest BCUT2D eigenvalue weighted by Crippen LogP contribution is -2.60. The number of amides is 2. The number of likely N-dealkylation sites (tertiary alicyclic amines) is 1. The van der Waals surface area contributed by atoms with Gasteiger partial charge in [0.05, 0.1) is 37.2 Å². The maximum Gasteiger partial charge on any atom is 0.312 e. The molecule has 3 aliphatic rings. The summed E-state index contributed by atoms with van der Waals surface area (Å²) in [5, 5.41) is 10.4. The summed E-state index contributed by atoms with van der Waals surface area (Å²) < 4.78 is 12.1. The summed E-state index contributed by atoms with van der Waals surface area (Å²) in [6.07, 6.45) is 5.36. The molecule has 3 heterocycles. The van der Waals surface area contributed by atoms with Crippen molar-refractivity contribution >= 4 is 33.7 Å². The quantitative estimate of drug-likeness (QED) is 0.159. The molecule has 2 amide bonds. The van der Waals surface area contributed by atoms with Gasteiger partial charge in [-0.1, -0.05) is 48.4 Å². The van der Waals surface area contributed by atoms with Gasteiger partial charge >= 0.3 is 5.97 Å². The zero-order chi connectivity index (χ0) is 26.8. The Hall–Kier alpha value is -1.71. The number of fused-ring (bicyclic) bond motifs is 1. The van der Waals surface area contributed by atoms with Crippen molar-refractivity contribution in [3.8, 4) is 0 Å². The molecule has 1 spiro atoms. The normalized spacial score (nSPS) is 32.4. The molecule has 8 atom stereocenters. The standard InChI is InChI=1S/C27H41BrN2O6/c1-7-10-11-13-35-26(34)20-21-24(32)30(19(15-31)17(6)9-3)23(25(33)29(12-8-2)16(4)5)27(21)14-18(28)22(20)36-27/h7-8,16-23,31H,1-2,9-15H2,3-6H3/t17-,18?,19-,20+,21-,22+,23?,27?/m0/s1. The maximum atomic E-state index is 14.2. The summed E-state index contributed by atoms with van der Waals surface area (Å²) in [6, 6.07) is -1.66.